The van der Waals surface area contributed by atoms with Gasteiger partial charge in [-0.25, -0.2) is 9.97 Å². The Balaban J connectivity index is 2.04. The Hall–Kier alpha value is -2.09. The van der Waals surface area contributed by atoms with Crippen molar-refractivity contribution in [2.45, 2.75) is 32.1 Å². The molecule has 0 radical (unpaired) electrons. The third kappa shape index (κ3) is 4.95. The minimum absolute atomic E-state index is 0.0709. The summed E-state index contributed by atoms with van der Waals surface area (Å²) in [4.78, 5) is 19.4. The fourth-order valence-corrected chi connectivity index (χ4v) is 2.64. The van der Waals surface area contributed by atoms with E-state index in [1.807, 2.05) is 32.0 Å². The molecule has 0 atom stereocenters. The smallest absolute Gasteiger partial charge is 0.325 e. The van der Waals surface area contributed by atoms with Crippen LogP contribution in [0, 0.1) is 20.8 Å². The number of benzene rings is 1. The molecule has 2 rings (SSSR count). The zero-order valence-corrected chi connectivity index (χ0v) is 14.2. The fourth-order valence-electron chi connectivity index (χ4n) is 1.94. The summed E-state index contributed by atoms with van der Waals surface area (Å²) in [7, 11) is 0. The van der Waals surface area contributed by atoms with Crippen LogP contribution in [0.15, 0.2) is 29.4 Å². The molecule has 2 aromatic rings. The molecule has 1 aromatic heterocycles. The molecule has 0 fully saturated rings. The van der Waals surface area contributed by atoms with Gasteiger partial charge in [-0.1, -0.05) is 23.9 Å². The number of aryl methyl sites for hydroxylation is 3. The summed E-state index contributed by atoms with van der Waals surface area (Å²) in [5, 5.41) is 2.67. The van der Waals surface area contributed by atoms with E-state index < -0.39 is 11.9 Å². The lowest BCUT2D eigenvalue weighted by molar-refractivity contribution is -0.141. The predicted molar refractivity (Wildman–Crippen MR) is 87.0 cm³/mol. The molecule has 24 heavy (non-hydrogen) atoms. The molecule has 0 bridgehead atoms. The van der Waals surface area contributed by atoms with Gasteiger partial charge in [0.05, 0.1) is 5.75 Å². The van der Waals surface area contributed by atoms with Gasteiger partial charge in [-0.05, 0) is 44.0 Å². The Bertz CT molecular complexity index is 763. The predicted octanol–water partition coefficient (Wildman–Crippen LogP) is 4.15. The highest BCUT2D eigenvalue weighted by Crippen LogP contribution is 2.29. The first kappa shape index (κ1) is 18.3. The van der Waals surface area contributed by atoms with E-state index in [-0.39, 0.29) is 22.5 Å². The number of nitrogens with zero attached hydrogens (tertiary/aromatic N) is 2. The van der Waals surface area contributed by atoms with E-state index in [4.69, 9.17) is 0 Å². The van der Waals surface area contributed by atoms with Crippen molar-refractivity contribution in [2.24, 2.45) is 0 Å². The maximum atomic E-state index is 12.7. The number of rotatable bonds is 4. The zero-order chi connectivity index (χ0) is 17.9. The quantitative estimate of drug-likeness (QED) is 0.661. The van der Waals surface area contributed by atoms with Crippen LogP contribution in [0.4, 0.5) is 18.9 Å². The largest absolute Gasteiger partial charge is 0.433 e. The van der Waals surface area contributed by atoms with Crippen LogP contribution in [0.3, 0.4) is 0 Å². The van der Waals surface area contributed by atoms with E-state index >= 15 is 0 Å². The molecule has 0 spiro atoms. The maximum absolute atomic E-state index is 12.7. The molecule has 4 nitrogen and oxygen atoms in total. The van der Waals surface area contributed by atoms with E-state index in [1.165, 1.54) is 6.92 Å². The zero-order valence-electron chi connectivity index (χ0n) is 13.4. The molecule has 0 unspecified atom stereocenters. The number of alkyl halides is 3. The maximum Gasteiger partial charge on any atom is 0.433 e. The van der Waals surface area contributed by atoms with Crippen LogP contribution in [0.1, 0.15) is 22.5 Å². The molecule has 1 aromatic carbocycles. The molecule has 128 valence electrons. The second kappa shape index (κ2) is 7.21. The SMILES string of the molecule is Cc1ccc(C)c(NC(=O)CSc2nc(C)cc(C(F)(F)F)n2)c1. The number of aromatic nitrogens is 2. The molecular formula is C16H16F3N3OS. The lowest BCUT2D eigenvalue weighted by atomic mass is 10.1. The van der Waals surface area contributed by atoms with Gasteiger partial charge in [0.15, 0.2) is 5.16 Å². The number of hydrogen-bond acceptors (Lipinski definition) is 4. The molecule has 8 heteroatoms. The van der Waals surface area contributed by atoms with Gasteiger partial charge in [-0.3, -0.25) is 4.79 Å². The summed E-state index contributed by atoms with van der Waals surface area (Å²) in [6, 6.07) is 6.53. The van der Waals surface area contributed by atoms with Gasteiger partial charge in [0, 0.05) is 11.4 Å². The average molecular weight is 355 g/mol. The third-order valence-corrected chi connectivity index (χ3v) is 3.97. The van der Waals surface area contributed by atoms with Gasteiger partial charge in [0.25, 0.3) is 0 Å². The van der Waals surface area contributed by atoms with Crippen molar-refractivity contribution in [3.8, 4) is 0 Å². The second-order valence-corrected chi connectivity index (χ2v) is 6.27. The van der Waals surface area contributed by atoms with E-state index in [0.717, 1.165) is 29.0 Å². The van der Waals surface area contributed by atoms with Crippen molar-refractivity contribution < 1.29 is 18.0 Å². The summed E-state index contributed by atoms with van der Waals surface area (Å²) < 4.78 is 38.2. The highest BCUT2D eigenvalue weighted by Gasteiger charge is 2.33. The number of thioether (sulfide) groups is 1. The monoisotopic (exact) mass is 355 g/mol. The number of anilines is 1. The van der Waals surface area contributed by atoms with Crippen molar-refractivity contribution in [1.82, 2.24) is 9.97 Å². The van der Waals surface area contributed by atoms with Crippen molar-refractivity contribution in [1.29, 1.82) is 0 Å². The van der Waals surface area contributed by atoms with Gasteiger partial charge < -0.3 is 5.32 Å². The number of nitrogens with one attached hydrogen (secondary N) is 1. The average Bonchev–Trinajstić information content (AvgIpc) is 2.47. The Morgan fingerprint density at radius 2 is 1.88 bits per heavy atom. The molecule has 0 aliphatic carbocycles. The third-order valence-electron chi connectivity index (χ3n) is 3.12. The molecule has 1 amide bonds. The fraction of sp³-hybridized carbons (Fsp3) is 0.312. The molecular weight excluding hydrogens is 339 g/mol. The first-order valence-corrected chi connectivity index (χ1v) is 8.06. The number of carbonyl (C=O) groups excluding carboxylic acids is 1. The number of carbonyl (C=O) groups is 1. The van der Waals surface area contributed by atoms with E-state index in [0.29, 0.717) is 5.69 Å². The van der Waals surface area contributed by atoms with Crippen LogP contribution in [-0.2, 0) is 11.0 Å². The summed E-state index contributed by atoms with van der Waals surface area (Å²) in [5.41, 5.74) is 1.79. The van der Waals surface area contributed by atoms with Gasteiger partial charge in [0.2, 0.25) is 5.91 Å². The lowest BCUT2D eigenvalue weighted by Crippen LogP contribution is -2.16. The minimum Gasteiger partial charge on any atom is -0.325 e. The standard InChI is InChI=1S/C16H16F3N3OS/c1-9-4-5-10(2)12(6-9)21-14(23)8-24-15-20-11(3)7-13(22-15)16(17,18)19/h4-7H,8H2,1-3H3,(H,21,23). The van der Waals surface area contributed by atoms with E-state index in [9.17, 15) is 18.0 Å². The Labute approximate surface area is 141 Å². The van der Waals surface area contributed by atoms with Gasteiger partial charge in [0.1, 0.15) is 5.69 Å². The van der Waals surface area contributed by atoms with Crippen LogP contribution in [-0.4, -0.2) is 21.6 Å². The summed E-state index contributed by atoms with van der Waals surface area (Å²) >= 11 is 0.868. The first-order chi connectivity index (χ1) is 11.1. The van der Waals surface area contributed by atoms with Gasteiger partial charge in [-0.2, -0.15) is 13.2 Å². The van der Waals surface area contributed by atoms with Crippen LogP contribution < -0.4 is 5.32 Å². The highest BCUT2D eigenvalue weighted by atomic mass is 32.2. The van der Waals surface area contributed by atoms with Crippen molar-refractivity contribution in [2.75, 3.05) is 11.1 Å². The Morgan fingerprint density at radius 3 is 2.54 bits per heavy atom. The highest BCUT2D eigenvalue weighted by molar-refractivity contribution is 7.99. The molecule has 0 saturated heterocycles. The molecule has 0 aliphatic heterocycles. The van der Waals surface area contributed by atoms with Crippen LogP contribution >= 0.6 is 11.8 Å². The molecule has 1 N–H and O–H groups in total. The summed E-state index contributed by atoms with van der Waals surface area (Å²) in [6.07, 6.45) is -4.54. The Kier molecular flexibility index (Phi) is 5.48. The summed E-state index contributed by atoms with van der Waals surface area (Å²) in [6.45, 7) is 5.22. The summed E-state index contributed by atoms with van der Waals surface area (Å²) in [5.74, 6) is -0.402. The second-order valence-electron chi connectivity index (χ2n) is 5.33. The number of amides is 1. The first-order valence-electron chi connectivity index (χ1n) is 7.08. The molecule has 0 aliphatic rings. The normalized spacial score (nSPS) is 11.4. The minimum atomic E-state index is -4.54. The molecule has 1 heterocycles. The molecule has 0 saturated carbocycles. The van der Waals surface area contributed by atoms with Crippen molar-refractivity contribution in [3.63, 3.8) is 0 Å². The van der Waals surface area contributed by atoms with Crippen molar-refractivity contribution >= 4 is 23.4 Å². The van der Waals surface area contributed by atoms with Crippen molar-refractivity contribution in [3.05, 3.63) is 46.8 Å². The van der Waals surface area contributed by atoms with E-state index in [2.05, 4.69) is 15.3 Å². The number of hydrogen-bond donors (Lipinski definition) is 1. The van der Waals surface area contributed by atoms with Gasteiger partial charge in [-0.15, -0.1) is 0 Å². The van der Waals surface area contributed by atoms with Gasteiger partial charge >= 0.3 is 6.18 Å². The topological polar surface area (TPSA) is 54.9 Å². The van der Waals surface area contributed by atoms with Crippen LogP contribution in [0.5, 0.6) is 0 Å². The van der Waals surface area contributed by atoms with E-state index in [1.54, 1.807) is 0 Å². The Morgan fingerprint density at radius 1 is 1.17 bits per heavy atom. The van der Waals surface area contributed by atoms with Crippen LogP contribution in [0.25, 0.3) is 0 Å². The lowest BCUT2D eigenvalue weighted by Gasteiger charge is -2.10. The van der Waals surface area contributed by atoms with Crippen LogP contribution in [0.2, 0.25) is 0 Å². The number of halogens is 3.